The minimum Gasteiger partial charge on any atom is -0.476 e. The van der Waals surface area contributed by atoms with Crippen molar-refractivity contribution in [3.8, 4) is 0 Å². The fourth-order valence-electron chi connectivity index (χ4n) is 2.48. The number of carbonyl (C=O) groups is 2. The van der Waals surface area contributed by atoms with Crippen LogP contribution in [0.4, 0.5) is 0 Å². The van der Waals surface area contributed by atoms with Gasteiger partial charge in [0.15, 0.2) is 5.69 Å². The Bertz CT molecular complexity index is 695. The van der Waals surface area contributed by atoms with Gasteiger partial charge in [-0.05, 0) is 17.5 Å². The van der Waals surface area contributed by atoms with Gasteiger partial charge in [-0.25, -0.2) is 9.48 Å². The maximum Gasteiger partial charge on any atom is 0.355 e. The molecular weight excluding hydrogens is 272 g/mol. The molecule has 108 valence electrons. The van der Waals surface area contributed by atoms with Crippen LogP contribution in [-0.2, 0) is 24.3 Å². The summed E-state index contributed by atoms with van der Waals surface area (Å²) in [4.78, 5) is 25.0. The van der Waals surface area contributed by atoms with Crippen molar-refractivity contribution in [3.63, 3.8) is 0 Å². The Morgan fingerprint density at radius 3 is 2.76 bits per heavy atom. The summed E-state index contributed by atoms with van der Waals surface area (Å²) < 4.78 is 1.12. The van der Waals surface area contributed by atoms with E-state index in [1.807, 2.05) is 18.2 Å². The van der Waals surface area contributed by atoms with Crippen LogP contribution in [0.5, 0.6) is 0 Å². The first-order valence-corrected chi connectivity index (χ1v) is 6.61. The predicted molar refractivity (Wildman–Crippen MR) is 72.5 cm³/mol. The number of fused-ring (bicyclic) bond motifs is 1. The van der Waals surface area contributed by atoms with Crippen LogP contribution >= 0.6 is 0 Å². The molecule has 0 atom stereocenters. The van der Waals surface area contributed by atoms with Gasteiger partial charge in [0.05, 0.1) is 6.20 Å². The zero-order valence-corrected chi connectivity index (χ0v) is 11.3. The molecule has 1 aromatic carbocycles. The first-order valence-electron chi connectivity index (χ1n) is 6.61. The SMILES string of the molecule is O=C(O)c1cnnn1CC(=O)N1CCc2ccccc2C1. The van der Waals surface area contributed by atoms with E-state index in [9.17, 15) is 9.59 Å². The molecule has 1 aliphatic rings. The van der Waals surface area contributed by atoms with Gasteiger partial charge in [0.25, 0.3) is 0 Å². The molecule has 2 heterocycles. The number of aromatic carboxylic acids is 1. The van der Waals surface area contributed by atoms with E-state index in [1.54, 1.807) is 4.90 Å². The van der Waals surface area contributed by atoms with Gasteiger partial charge in [0.1, 0.15) is 6.54 Å². The van der Waals surface area contributed by atoms with Crippen molar-refractivity contribution in [1.82, 2.24) is 19.9 Å². The summed E-state index contributed by atoms with van der Waals surface area (Å²) >= 11 is 0. The monoisotopic (exact) mass is 286 g/mol. The van der Waals surface area contributed by atoms with Crippen molar-refractivity contribution in [2.24, 2.45) is 0 Å². The number of carboxylic acid groups (broad SMARTS) is 1. The van der Waals surface area contributed by atoms with Gasteiger partial charge in [-0.15, -0.1) is 5.10 Å². The van der Waals surface area contributed by atoms with Gasteiger partial charge in [-0.2, -0.15) is 0 Å². The summed E-state index contributed by atoms with van der Waals surface area (Å²) in [5, 5.41) is 16.2. The maximum atomic E-state index is 12.3. The zero-order valence-electron chi connectivity index (χ0n) is 11.3. The molecule has 0 radical (unpaired) electrons. The molecule has 0 unspecified atom stereocenters. The molecule has 0 saturated carbocycles. The average molecular weight is 286 g/mol. The van der Waals surface area contributed by atoms with Crippen LogP contribution in [0.15, 0.2) is 30.5 Å². The fourth-order valence-corrected chi connectivity index (χ4v) is 2.48. The second-order valence-corrected chi connectivity index (χ2v) is 4.92. The number of carboxylic acids is 1. The summed E-state index contributed by atoms with van der Waals surface area (Å²) in [5.74, 6) is -1.30. The molecule has 0 saturated heterocycles. The molecule has 1 aliphatic heterocycles. The lowest BCUT2D eigenvalue weighted by atomic mass is 10.00. The molecule has 1 N–H and O–H groups in total. The van der Waals surface area contributed by atoms with Crippen molar-refractivity contribution >= 4 is 11.9 Å². The second kappa shape index (κ2) is 5.35. The molecule has 7 nitrogen and oxygen atoms in total. The first-order chi connectivity index (χ1) is 10.1. The topological polar surface area (TPSA) is 88.3 Å². The molecule has 3 rings (SSSR count). The minimum atomic E-state index is -1.14. The van der Waals surface area contributed by atoms with E-state index in [1.165, 1.54) is 5.56 Å². The van der Waals surface area contributed by atoms with Gasteiger partial charge in [-0.3, -0.25) is 4.79 Å². The zero-order chi connectivity index (χ0) is 14.8. The van der Waals surface area contributed by atoms with Crippen LogP contribution in [0.25, 0.3) is 0 Å². The molecule has 2 aromatic rings. The van der Waals surface area contributed by atoms with Gasteiger partial charge < -0.3 is 10.0 Å². The Balaban J connectivity index is 1.72. The Morgan fingerprint density at radius 2 is 2.00 bits per heavy atom. The lowest BCUT2D eigenvalue weighted by Gasteiger charge is -2.28. The van der Waals surface area contributed by atoms with Gasteiger partial charge >= 0.3 is 5.97 Å². The van der Waals surface area contributed by atoms with Crippen molar-refractivity contribution in [2.75, 3.05) is 6.54 Å². The molecule has 0 fully saturated rings. The lowest BCUT2D eigenvalue weighted by molar-refractivity contribution is -0.133. The number of benzene rings is 1. The molecule has 1 aromatic heterocycles. The molecular formula is C14H14N4O3. The third-order valence-corrected chi connectivity index (χ3v) is 3.61. The maximum absolute atomic E-state index is 12.3. The van der Waals surface area contributed by atoms with Gasteiger partial charge in [-0.1, -0.05) is 29.5 Å². The largest absolute Gasteiger partial charge is 0.476 e. The Hall–Kier alpha value is -2.70. The predicted octanol–water partition coefficient (Wildman–Crippen LogP) is 0.561. The second-order valence-electron chi connectivity index (χ2n) is 4.92. The number of carbonyl (C=O) groups excluding carboxylic acids is 1. The summed E-state index contributed by atoms with van der Waals surface area (Å²) in [5.41, 5.74) is 2.31. The Labute approximate surface area is 120 Å². The van der Waals surface area contributed by atoms with Crippen LogP contribution in [0.1, 0.15) is 21.6 Å². The third-order valence-electron chi connectivity index (χ3n) is 3.61. The third kappa shape index (κ3) is 2.62. The average Bonchev–Trinajstić information content (AvgIpc) is 2.95. The first kappa shape index (κ1) is 13.3. The van der Waals surface area contributed by atoms with E-state index in [4.69, 9.17) is 5.11 Å². The van der Waals surface area contributed by atoms with Crippen molar-refractivity contribution < 1.29 is 14.7 Å². The highest BCUT2D eigenvalue weighted by Gasteiger charge is 2.22. The van der Waals surface area contributed by atoms with Crippen molar-refractivity contribution in [2.45, 2.75) is 19.5 Å². The molecule has 0 bridgehead atoms. The minimum absolute atomic E-state index is 0.0826. The van der Waals surface area contributed by atoms with Crippen LogP contribution in [0.3, 0.4) is 0 Å². The molecule has 21 heavy (non-hydrogen) atoms. The summed E-state index contributed by atoms with van der Waals surface area (Å²) in [6, 6.07) is 8.02. The van der Waals surface area contributed by atoms with Crippen molar-refractivity contribution in [1.29, 1.82) is 0 Å². The van der Waals surface area contributed by atoms with E-state index in [-0.39, 0.29) is 18.1 Å². The number of nitrogens with zero attached hydrogens (tertiary/aromatic N) is 4. The Morgan fingerprint density at radius 1 is 1.24 bits per heavy atom. The molecule has 0 spiro atoms. The molecule has 1 amide bonds. The van der Waals surface area contributed by atoms with E-state index >= 15 is 0 Å². The van der Waals surface area contributed by atoms with E-state index in [2.05, 4.69) is 16.4 Å². The number of hydrogen-bond acceptors (Lipinski definition) is 4. The highest BCUT2D eigenvalue weighted by molar-refractivity contribution is 5.86. The van der Waals surface area contributed by atoms with E-state index < -0.39 is 5.97 Å². The van der Waals surface area contributed by atoms with Gasteiger partial charge in [0.2, 0.25) is 5.91 Å². The van der Waals surface area contributed by atoms with E-state index in [0.717, 1.165) is 22.9 Å². The lowest BCUT2D eigenvalue weighted by Crippen LogP contribution is -2.38. The van der Waals surface area contributed by atoms with Crippen LogP contribution in [-0.4, -0.2) is 43.4 Å². The van der Waals surface area contributed by atoms with Crippen molar-refractivity contribution in [3.05, 3.63) is 47.3 Å². The quantitative estimate of drug-likeness (QED) is 0.890. The smallest absolute Gasteiger partial charge is 0.355 e. The Kier molecular flexibility index (Phi) is 3.39. The summed E-state index contributed by atoms with van der Waals surface area (Å²) in [6.45, 7) is 1.07. The fraction of sp³-hybridized carbons (Fsp3) is 0.286. The molecule has 7 heteroatoms. The highest BCUT2D eigenvalue weighted by Crippen LogP contribution is 2.18. The number of aromatic nitrogens is 3. The standard InChI is InChI=1S/C14H14N4O3/c19-13(9-18-12(14(20)21)7-15-16-18)17-6-5-10-3-1-2-4-11(10)8-17/h1-4,7H,5-6,8-9H2,(H,20,21). The highest BCUT2D eigenvalue weighted by atomic mass is 16.4. The number of hydrogen-bond donors (Lipinski definition) is 1. The van der Waals surface area contributed by atoms with E-state index in [0.29, 0.717) is 13.1 Å². The van der Waals surface area contributed by atoms with Crippen LogP contribution < -0.4 is 0 Å². The number of amides is 1. The molecule has 0 aliphatic carbocycles. The van der Waals surface area contributed by atoms with Crippen LogP contribution in [0.2, 0.25) is 0 Å². The van der Waals surface area contributed by atoms with Crippen LogP contribution in [0, 0.1) is 0 Å². The number of rotatable bonds is 3. The summed E-state index contributed by atoms with van der Waals surface area (Å²) in [7, 11) is 0. The van der Waals surface area contributed by atoms with Gasteiger partial charge in [0, 0.05) is 13.1 Å². The summed E-state index contributed by atoms with van der Waals surface area (Å²) in [6.07, 6.45) is 1.95. The normalized spacial score (nSPS) is 13.8.